The van der Waals surface area contributed by atoms with E-state index in [4.69, 9.17) is 0 Å². The molecule has 0 bridgehead atoms. The molecule has 0 saturated heterocycles. The van der Waals surface area contributed by atoms with Gasteiger partial charge in [-0.05, 0) is 43.5 Å². The first-order valence-electron chi connectivity index (χ1n) is 6.25. The zero-order chi connectivity index (χ0) is 13.1. The van der Waals surface area contributed by atoms with Gasteiger partial charge >= 0.3 is 5.97 Å². The summed E-state index contributed by atoms with van der Waals surface area (Å²) in [6.45, 7) is 3.96. The van der Waals surface area contributed by atoms with Crippen LogP contribution in [-0.4, -0.2) is 16.1 Å². The molecule has 94 valence electrons. The maximum absolute atomic E-state index is 11.3. The second kappa shape index (κ2) is 5.17. The molecule has 0 fully saturated rings. The normalized spacial score (nSPS) is 10.8. The summed E-state index contributed by atoms with van der Waals surface area (Å²) >= 11 is 0. The van der Waals surface area contributed by atoms with Crippen molar-refractivity contribution in [2.24, 2.45) is 0 Å². The van der Waals surface area contributed by atoms with Gasteiger partial charge in [0, 0.05) is 11.1 Å². The highest BCUT2D eigenvalue weighted by Gasteiger charge is 2.10. The van der Waals surface area contributed by atoms with Crippen LogP contribution in [0.2, 0.25) is 0 Å². The number of nitrogens with zero attached hydrogens (tertiary/aromatic N) is 1. The molecule has 0 spiro atoms. The first kappa shape index (κ1) is 12.6. The lowest BCUT2D eigenvalue weighted by molar-refractivity contribution is 0.0699. The molecule has 0 aliphatic rings. The minimum atomic E-state index is -0.891. The summed E-state index contributed by atoms with van der Waals surface area (Å²) in [4.78, 5) is 15.6. The van der Waals surface area contributed by atoms with Crippen molar-refractivity contribution in [3.05, 3.63) is 41.1 Å². The maximum Gasteiger partial charge on any atom is 0.336 e. The number of aromatic nitrogens is 1. The lowest BCUT2D eigenvalue weighted by Crippen LogP contribution is -2.00. The van der Waals surface area contributed by atoms with Gasteiger partial charge in [0.1, 0.15) is 0 Å². The molecule has 0 saturated carbocycles. The summed E-state index contributed by atoms with van der Waals surface area (Å²) < 4.78 is 0. The summed E-state index contributed by atoms with van der Waals surface area (Å²) in [6, 6.07) is 7.55. The number of pyridine rings is 1. The van der Waals surface area contributed by atoms with Crippen molar-refractivity contribution >= 4 is 16.9 Å². The molecule has 2 rings (SSSR count). The Morgan fingerprint density at radius 2 is 2.11 bits per heavy atom. The number of aryl methyl sites for hydroxylation is 2. The fourth-order valence-electron chi connectivity index (χ4n) is 2.12. The van der Waals surface area contributed by atoms with E-state index < -0.39 is 5.97 Å². The summed E-state index contributed by atoms with van der Waals surface area (Å²) in [7, 11) is 0. The van der Waals surface area contributed by atoms with Gasteiger partial charge in [0.25, 0.3) is 0 Å². The van der Waals surface area contributed by atoms with E-state index in [2.05, 4.69) is 11.9 Å². The second-order valence-corrected chi connectivity index (χ2v) is 4.57. The first-order valence-corrected chi connectivity index (χ1v) is 6.25. The average molecular weight is 243 g/mol. The van der Waals surface area contributed by atoms with Gasteiger partial charge in [-0.15, -0.1) is 0 Å². The number of hydrogen-bond donors (Lipinski definition) is 1. The predicted molar refractivity (Wildman–Crippen MR) is 72.1 cm³/mol. The number of carbonyl (C=O) groups is 1. The molecule has 3 heteroatoms. The van der Waals surface area contributed by atoms with Crippen LogP contribution in [0.5, 0.6) is 0 Å². The zero-order valence-electron chi connectivity index (χ0n) is 10.7. The molecule has 0 unspecified atom stereocenters. The third-order valence-corrected chi connectivity index (χ3v) is 3.05. The van der Waals surface area contributed by atoms with Gasteiger partial charge < -0.3 is 5.11 Å². The molecule has 1 N–H and O–H groups in total. The molecule has 0 aliphatic carbocycles. The summed E-state index contributed by atoms with van der Waals surface area (Å²) in [5.41, 5.74) is 3.02. The van der Waals surface area contributed by atoms with Gasteiger partial charge in [-0.2, -0.15) is 0 Å². The molecule has 2 aromatic rings. The number of aromatic carboxylic acids is 1. The van der Waals surface area contributed by atoms with Gasteiger partial charge in [-0.1, -0.05) is 19.4 Å². The molecule has 0 radical (unpaired) electrons. The van der Waals surface area contributed by atoms with Crippen molar-refractivity contribution in [2.45, 2.75) is 33.1 Å². The molecule has 1 aromatic heterocycles. The highest BCUT2D eigenvalue weighted by atomic mass is 16.4. The Balaban J connectivity index is 2.56. The number of benzene rings is 1. The largest absolute Gasteiger partial charge is 0.478 e. The van der Waals surface area contributed by atoms with Crippen LogP contribution in [0, 0.1) is 6.92 Å². The summed E-state index contributed by atoms with van der Waals surface area (Å²) in [5, 5.41) is 9.98. The van der Waals surface area contributed by atoms with Crippen LogP contribution in [0.15, 0.2) is 24.3 Å². The zero-order valence-corrected chi connectivity index (χ0v) is 10.7. The standard InChI is InChI=1S/C15H17NO2/c1-3-4-5-11-6-7-14-12(9-11)13(15(17)18)8-10(2)16-14/h6-9H,3-5H2,1-2H3,(H,17,18). The van der Waals surface area contributed by atoms with E-state index in [-0.39, 0.29) is 0 Å². The molecule has 3 nitrogen and oxygen atoms in total. The Morgan fingerprint density at radius 3 is 2.78 bits per heavy atom. The van der Waals surface area contributed by atoms with Gasteiger partial charge in [0.2, 0.25) is 0 Å². The van der Waals surface area contributed by atoms with Crippen LogP contribution in [-0.2, 0) is 6.42 Å². The van der Waals surface area contributed by atoms with Crippen LogP contribution < -0.4 is 0 Å². The summed E-state index contributed by atoms with van der Waals surface area (Å²) in [5.74, 6) is -0.891. The van der Waals surface area contributed by atoms with E-state index in [0.29, 0.717) is 5.56 Å². The molecule has 0 aliphatic heterocycles. The third-order valence-electron chi connectivity index (χ3n) is 3.05. The fraction of sp³-hybridized carbons (Fsp3) is 0.333. The van der Waals surface area contributed by atoms with Crippen molar-refractivity contribution in [2.75, 3.05) is 0 Å². The molecule has 1 aromatic carbocycles. The molecule has 0 atom stereocenters. The molecule has 1 heterocycles. The van der Waals surface area contributed by atoms with Gasteiger partial charge in [-0.25, -0.2) is 4.79 Å². The quantitative estimate of drug-likeness (QED) is 0.892. The molecule has 0 amide bonds. The van der Waals surface area contributed by atoms with Gasteiger partial charge in [0.15, 0.2) is 0 Å². The van der Waals surface area contributed by atoms with E-state index >= 15 is 0 Å². The van der Waals surface area contributed by atoms with E-state index in [1.165, 1.54) is 5.56 Å². The van der Waals surface area contributed by atoms with Crippen LogP contribution in [0.3, 0.4) is 0 Å². The average Bonchev–Trinajstić information content (AvgIpc) is 2.35. The minimum absolute atomic E-state index is 0.343. The number of carboxylic acids is 1. The predicted octanol–water partition coefficient (Wildman–Crippen LogP) is 3.58. The smallest absolute Gasteiger partial charge is 0.336 e. The highest BCUT2D eigenvalue weighted by molar-refractivity contribution is 6.02. The Morgan fingerprint density at radius 1 is 1.33 bits per heavy atom. The Kier molecular flexibility index (Phi) is 3.60. The second-order valence-electron chi connectivity index (χ2n) is 4.57. The van der Waals surface area contributed by atoms with Crippen LogP contribution in [0.4, 0.5) is 0 Å². The monoisotopic (exact) mass is 243 g/mol. The van der Waals surface area contributed by atoms with Gasteiger partial charge in [-0.3, -0.25) is 4.98 Å². The minimum Gasteiger partial charge on any atom is -0.478 e. The van der Waals surface area contributed by atoms with Crippen molar-refractivity contribution < 1.29 is 9.90 Å². The number of hydrogen-bond acceptors (Lipinski definition) is 2. The molecule has 18 heavy (non-hydrogen) atoms. The molecular formula is C15H17NO2. The van der Waals surface area contributed by atoms with Crippen molar-refractivity contribution in [3.63, 3.8) is 0 Å². The van der Waals surface area contributed by atoms with E-state index in [0.717, 1.165) is 35.9 Å². The van der Waals surface area contributed by atoms with Crippen molar-refractivity contribution in [3.8, 4) is 0 Å². The van der Waals surface area contributed by atoms with E-state index in [1.807, 2.05) is 25.1 Å². The highest BCUT2D eigenvalue weighted by Crippen LogP contribution is 2.21. The first-order chi connectivity index (χ1) is 8.61. The SMILES string of the molecule is CCCCc1ccc2nc(C)cc(C(=O)O)c2c1. The Hall–Kier alpha value is -1.90. The van der Waals surface area contributed by atoms with E-state index in [1.54, 1.807) is 6.07 Å². The van der Waals surface area contributed by atoms with Crippen LogP contribution >= 0.6 is 0 Å². The van der Waals surface area contributed by atoms with E-state index in [9.17, 15) is 9.90 Å². The fourth-order valence-corrected chi connectivity index (χ4v) is 2.12. The third kappa shape index (κ3) is 2.50. The topological polar surface area (TPSA) is 50.2 Å². The number of unbranched alkanes of at least 4 members (excludes halogenated alkanes) is 1. The van der Waals surface area contributed by atoms with Crippen LogP contribution in [0.1, 0.15) is 41.4 Å². The number of fused-ring (bicyclic) bond motifs is 1. The molecular weight excluding hydrogens is 226 g/mol. The van der Waals surface area contributed by atoms with Crippen molar-refractivity contribution in [1.82, 2.24) is 4.98 Å². The Bertz CT molecular complexity index is 590. The maximum atomic E-state index is 11.3. The lowest BCUT2D eigenvalue weighted by atomic mass is 10.0. The lowest BCUT2D eigenvalue weighted by Gasteiger charge is -2.07. The number of carboxylic acid groups (broad SMARTS) is 1. The Labute approximate surface area is 106 Å². The van der Waals surface area contributed by atoms with Gasteiger partial charge in [0.05, 0.1) is 11.1 Å². The van der Waals surface area contributed by atoms with Crippen LogP contribution in [0.25, 0.3) is 10.9 Å². The van der Waals surface area contributed by atoms with Crippen molar-refractivity contribution in [1.29, 1.82) is 0 Å². The number of rotatable bonds is 4. The summed E-state index contributed by atoms with van der Waals surface area (Å²) in [6.07, 6.45) is 3.24.